The molecule has 1 aliphatic rings. The van der Waals surface area contributed by atoms with Gasteiger partial charge in [-0.25, -0.2) is 0 Å². The number of hydrogen-bond donors (Lipinski definition) is 2. The highest BCUT2D eigenvalue weighted by Crippen LogP contribution is 2.39. The number of aliphatic hydroxyl groups excluding tert-OH is 1. The van der Waals surface area contributed by atoms with E-state index in [1.165, 1.54) is 5.56 Å². The number of nitrogens with zero attached hydrogens (tertiary/aromatic N) is 1. The smallest absolute Gasteiger partial charge is 0.127 e. The Kier molecular flexibility index (Phi) is 7.47. The molecular weight excluding hydrogens is 348 g/mol. The molecule has 1 heterocycles. The van der Waals surface area contributed by atoms with Gasteiger partial charge in [-0.05, 0) is 29.8 Å². The monoisotopic (exact) mass is 376 g/mol. The molecule has 0 radical (unpaired) electrons. The molecule has 3 rings (SSSR count). The second kappa shape index (κ2) is 9.38. The van der Waals surface area contributed by atoms with E-state index in [-0.39, 0.29) is 30.5 Å². The van der Waals surface area contributed by atoms with E-state index in [0.717, 1.165) is 37.7 Å². The predicted molar refractivity (Wildman–Crippen MR) is 108 cm³/mol. The zero-order chi connectivity index (χ0) is 17.7. The first-order valence-corrected chi connectivity index (χ1v) is 8.99. The number of hydrogen-bond acceptors (Lipinski definition) is 4. The van der Waals surface area contributed by atoms with Crippen LogP contribution in [0.5, 0.6) is 11.5 Å². The molecule has 0 bridgehead atoms. The van der Waals surface area contributed by atoms with Gasteiger partial charge in [0, 0.05) is 44.2 Å². The van der Waals surface area contributed by atoms with Gasteiger partial charge in [-0.1, -0.05) is 44.2 Å². The fourth-order valence-electron chi connectivity index (χ4n) is 3.56. The average molecular weight is 377 g/mol. The maximum atomic E-state index is 9.99. The van der Waals surface area contributed by atoms with E-state index in [9.17, 15) is 5.11 Å². The molecule has 2 N–H and O–H groups in total. The molecule has 0 aliphatic carbocycles. The third kappa shape index (κ3) is 4.98. The normalized spacial score (nSPS) is 16.6. The summed E-state index contributed by atoms with van der Waals surface area (Å²) in [7, 11) is 0. The Bertz CT molecular complexity index is 673. The van der Waals surface area contributed by atoms with Crippen LogP contribution in [0, 0.1) is 5.41 Å². The highest BCUT2D eigenvalue weighted by Gasteiger charge is 2.35. The number of aliphatic hydroxyl groups is 1. The minimum absolute atomic E-state index is 0. The van der Waals surface area contributed by atoms with Crippen LogP contribution in [0.2, 0.25) is 0 Å². The quantitative estimate of drug-likeness (QED) is 0.803. The van der Waals surface area contributed by atoms with Gasteiger partial charge in [0.25, 0.3) is 0 Å². The van der Waals surface area contributed by atoms with Crippen molar-refractivity contribution in [1.29, 1.82) is 0 Å². The SMILES string of the molecule is CC(C)(CO)[C@@H](c1cccc(Oc2ccccc2)c1)N1CCNCC1.Cl. The van der Waals surface area contributed by atoms with Gasteiger partial charge in [0.2, 0.25) is 0 Å². The van der Waals surface area contributed by atoms with E-state index in [1.54, 1.807) is 0 Å². The average Bonchev–Trinajstić information content (AvgIpc) is 2.64. The summed E-state index contributed by atoms with van der Waals surface area (Å²) in [5.41, 5.74) is 0.956. The van der Waals surface area contributed by atoms with Gasteiger partial charge >= 0.3 is 0 Å². The van der Waals surface area contributed by atoms with Crippen molar-refractivity contribution in [1.82, 2.24) is 10.2 Å². The second-order valence-electron chi connectivity index (χ2n) is 7.32. The minimum Gasteiger partial charge on any atom is -0.457 e. The standard InChI is InChI=1S/C21H28N2O2.ClH/c1-21(2,16-24)20(23-13-11-22-12-14-23)17-7-6-10-19(15-17)25-18-8-4-3-5-9-18;/h3-10,15,20,22,24H,11-14,16H2,1-2H3;1H/t20-;/m1./s1. The summed E-state index contributed by atoms with van der Waals surface area (Å²) in [6, 6.07) is 18.3. The lowest BCUT2D eigenvalue weighted by atomic mass is 9.79. The summed E-state index contributed by atoms with van der Waals surface area (Å²) in [6.07, 6.45) is 0. The predicted octanol–water partition coefficient (Wildman–Crippen LogP) is 3.87. The van der Waals surface area contributed by atoms with Gasteiger partial charge in [-0.2, -0.15) is 0 Å². The van der Waals surface area contributed by atoms with Crippen molar-refractivity contribution < 1.29 is 9.84 Å². The lowest BCUT2D eigenvalue weighted by molar-refractivity contribution is 0.0304. The van der Waals surface area contributed by atoms with E-state index in [4.69, 9.17) is 4.74 Å². The summed E-state index contributed by atoms with van der Waals surface area (Å²) in [5.74, 6) is 1.66. The highest BCUT2D eigenvalue weighted by atomic mass is 35.5. The van der Waals surface area contributed by atoms with Crippen molar-refractivity contribution in [3.63, 3.8) is 0 Å². The fraction of sp³-hybridized carbons (Fsp3) is 0.429. The number of nitrogens with one attached hydrogen (secondary N) is 1. The highest BCUT2D eigenvalue weighted by molar-refractivity contribution is 5.85. The molecule has 0 unspecified atom stereocenters. The van der Waals surface area contributed by atoms with Crippen LogP contribution in [0.1, 0.15) is 25.5 Å². The van der Waals surface area contributed by atoms with Gasteiger partial charge in [0.1, 0.15) is 11.5 Å². The first kappa shape index (κ1) is 20.7. The Labute approximate surface area is 162 Å². The number of para-hydroxylation sites is 1. The molecule has 2 aromatic rings. The molecule has 5 heteroatoms. The molecule has 1 atom stereocenters. The second-order valence-corrected chi connectivity index (χ2v) is 7.32. The van der Waals surface area contributed by atoms with Gasteiger partial charge in [0.15, 0.2) is 0 Å². The van der Waals surface area contributed by atoms with Gasteiger partial charge in [-0.3, -0.25) is 4.90 Å². The zero-order valence-electron chi connectivity index (χ0n) is 15.5. The van der Waals surface area contributed by atoms with Crippen LogP contribution in [0.3, 0.4) is 0 Å². The third-order valence-electron chi connectivity index (χ3n) is 4.82. The van der Waals surface area contributed by atoms with E-state index < -0.39 is 0 Å². The summed E-state index contributed by atoms with van der Waals surface area (Å²) >= 11 is 0. The lowest BCUT2D eigenvalue weighted by Gasteiger charge is -2.43. The van der Waals surface area contributed by atoms with Gasteiger partial charge in [0.05, 0.1) is 0 Å². The van der Waals surface area contributed by atoms with Crippen LogP contribution in [-0.2, 0) is 0 Å². The summed E-state index contributed by atoms with van der Waals surface area (Å²) in [5, 5.41) is 13.4. The van der Waals surface area contributed by atoms with Crippen LogP contribution in [0.15, 0.2) is 54.6 Å². The van der Waals surface area contributed by atoms with Crippen LogP contribution in [0.25, 0.3) is 0 Å². The summed E-state index contributed by atoms with van der Waals surface area (Å²) < 4.78 is 6.01. The van der Waals surface area contributed by atoms with E-state index in [2.05, 4.69) is 36.2 Å². The van der Waals surface area contributed by atoms with Crippen LogP contribution in [-0.4, -0.2) is 42.8 Å². The Morgan fingerprint density at radius 1 is 1.04 bits per heavy atom. The fourth-order valence-corrected chi connectivity index (χ4v) is 3.56. The molecule has 1 saturated heterocycles. The molecule has 1 aliphatic heterocycles. The van der Waals surface area contributed by atoms with Crippen LogP contribution in [0.4, 0.5) is 0 Å². The molecule has 0 spiro atoms. The topological polar surface area (TPSA) is 44.7 Å². The summed E-state index contributed by atoms with van der Waals surface area (Å²) in [6.45, 7) is 8.34. The molecule has 2 aromatic carbocycles. The molecule has 142 valence electrons. The van der Waals surface area contributed by atoms with Crippen molar-refractivity contribution in [2.75, 3.05) is 32.8 Å². The minimum atomic E-state index is -0.233. The van der Waals surface area contributed by atoms with E-state index in [0.29, 0.717) is 0 Å². The van der Waals surface area contributed by atoms with Crippen molar-refractivity contribution in [2.24, 2.45) is 5.41 Å². The number of halogens is 1. The van der Waals surface area contributed by atoms with Crippen molar-refractivity contribution >= 4 is 12.4 Å². The summed E-state index contributed by atoms with van der Waals surface area (Å²) in [4.78, 5) is 2.47. The number of benzene rings is 2. The number of rotatable bonds is 6. The molecular formula is C21H29ClN2O2. The first-order valence-electron chi connectivity index (χ1n) is 8.99. The Balaban J connectivity index is 0.00000243. The van der Waals surface area contributed by atoms with Crippen molar-refractivity contribution in [2.45, 2.75) is 19.9 Å². The van der Waals surface area contributed by atoms with Gasteiger partial charge in [-0.15, -0.1) is 12.4 Å². The molecule has 26 heavy (non-hydrogen) atoms. The van der Waals surface area contributed by atoms with E-state index >= 15 is 0 Å². The largest absolute Gasteiger partial charge is 0.457 e. The first-order chi connectivity index (χ1) is 12.1. The molecule has 0 saturated carbocycles. The number of ether oxygens (including phenoxy) is 1. The maximum absolute atomic E-state index is 9.99. The lowest BCUT2D eigenvalue weighted by Crippen LogP contribution is -2.49. The van der Waals surface area contributed by atoms with Crippen LogP contribution < -0.4 is 10.1 Å². The molecule has 1 fully saturated rings. The maximum Gasteiger partial charge on any atom is 0.127 e. The van der Waals surface area contributed by atoms with Crippen molar-refractivity contribution in [3.8, 4) is 11.5 Å². The van der Waals surface area contributed by atoms with Gasteiger partial charge < -0.3 is 15.2 Å². The molecule has 4 nitrogen and oxygen atoms in total. The molecule has 0 amide bonds. The van der Waals surface area contributed by atoms with E-state index in [1.807, 2.05) is 42.5 Å². The third-order valence-corrected chi connectivity index (χ3v) is 4.82. The Morgan fingerprint density at radius 3 is 2.35 bits per heavy atom. The zero-order valence-corrected chi connectivity index (χ0v) is 16.3. The Hall–Kier alpha value is -1.59. The van der Waals surface area contributed by atoms with Crippen LogP contribution >= 0.6 is 12.4 Å². The number of piperazine rings is 1. The Morgan fingerprint density at radius 2 is 1.69 bits per heavy atom. The van der Waals surface area contributed by atoms with Crippen molar-refractivity contribution in [3.05, 3.63) is 60.2 Å². The molecule has 0 aromatic heterocycles.